The van der Waals surface area contributed by atoms with Crippen LogP contribution in [0.15, 0.2) is 24.3 Å². The second kappa shape index (κ2) is 14.2. The minimum Gasteiger partial charge on any atom is -0.726 e. The molecule has 0 amide bonds. The monoisotopic (exact) mass is 378 g/mol. The Hall–Kier alpha value is 0.0900. The summed E-state index contributed by atoms with van der Waals surface area (Å²) in [5, 5.41) is 0. The van der Waals surface area contributed by atoms with E-state index < -0.39 is 10.4 Å². The van der Waals surface area contributed by atoms with Crippen LogP contribution in [-0.4, -0.2) is 13.0 Å². The summed E-state index contributed by atoms with van der Waals surface area (Å²) in [6, 6.07) is 7.63. The second-order valence-corrected chi connectivity index (χ2v) is 7.63. The largest absolute Gasteiger partial charge is 1.00 e. The topological polar surface area (TPSA) is 66.4 Å². The van der Waals surface area contributed by atoms with Gasteiger partial charge in [-0.3, -0.25) is 4.18 Å². The Morgan fingerprint density at radius 1 is 0.960 bits per heavy atom. The van der Waals surface area contributed by atoms with Gasteiger partial charge in [0.05, 0.1) is 6.61 Å². The Labute approximate surface area is 176 Å². The Morgan fingerprint density at radius 3 is 2.00 bits per heavy atom. The zero-order valence-corrected chi connectivity index (χ0v) is 18.8. The SMILES string of the molecule is CCCCCCCCCCC(C)c1ccc(COS(=O)(=O)[O-])cc1.[Na+]. The van der Waals surface area contributed by atoms with Gasteiger partial charge in [-0.2, -0.15) is 0 Å². The van der Waals surface area contributed by atoms with E-state index in [1.54, 1.807) is 0 Å². The van der Waals surface area contributed by atoms with Crippen molar-refractivity contribution in [2.75, 3.05) is 0 Å². The van der Waals surface area contributed by atoms with Gasteiger partial charge in [-0.25, -0.2) is 8.42 Å². The first kappa shape index (κ1) is 25.1. The van der Waals surface area contributed by atoms with Crippen LogP contribution in [0, 0.1) is 0 Å². The molecule has 0 N–H and O–H groups in total. The van der Waals surface area contributed by atoms with E-state index in [0.29, 0.717) is 11.5 Å². The summed E-state index contributed by atoms with van der Waals surface area (Å²) in [4.78, 5) is 0. The second-order valence-electron chi connectivity index (χ2n) is 6.58. The maximum atomic E-state index is 10.4. The summed E-state index contributed by atoms with van der Waals surface area (Å²) in [7, 11) is -4.62. The fraction of sp³-hybridized carbons (Fsp3) is 0.684. The van der Waals surface area contributed by atoms with Crippen LogP contribution < -0.4 is 29.6 Å². The summed E-state index contributed by atoms with van der Waals surface area (Å²) in [5.41, 5.74) is 1.93. The summed E-state index contributed by atoms with van der Waals surface area (Å²) in [6.07, 6.45) is 11.8. The molecule has 0 heterocycles. The third kappa shape index (κ3) is 13.0. The Morgan fingerprint density at radius 2 is 1.48 bits per heavy atom. The molecule has 1 unspecified atom stereocenters. The van der Waals surface area contributed by atoms with E-state index in [-0.39, 0.29) is 36.2 Å². The van der Waals surface area contributed by atoms with Crippen LogP contribution in [0.1, 0.15) is 88.7 Å². The molecule has 138 valence electrons. The molecule has 0 aliphatic heterocycles. The third-order valence-corrected chi connectivity index (χ3v) is 4.82. The maximum absolute atomic E-state index is 10.4. The van der Waals surface area contributed by atoms with Crippen LogP contribution in [0.4, 0.5) is 0 Å². The van der Waals surface area contributed by atoms with Crippen LogP contribution in [0.2, 0.25) is 0 Å². The van der Waals surface area contributed by atoms with Crippen LogP contribution in [0.25, 0.3) is 0 Å². The van der Waals surface area contributed by atoms with Crippen LogP contribution in [0.3, 0.4) is 0 Å². The molecule has 0 aliphatic carbocycles. The van der Waals surface area contributed by atoms with Crippen molar-refractivity contribution in [1.29, 1.82) is 0 Å². The van der Waals surface area contributed by atoms with Crippen molar-refractivity contribution in [1.82, 2.24) is 0 Å². The molecule has 1 rings (SSSR count). The average Bonchev–Trinajstić information content (AvgIpc) is 2.55. The van der Waals surface area contributed by atoms with E-state index in [4.69, 9.17) is 0 Å². The Bertz CT molecular complexity index is 543. The molecule has 6 heteroatoms. The molecule has 0 bridgehead atoms. The molecule has 4 nitrogen and oxygen atoms in total. The zero-order valence-electron chi connectivity index (χ0n) is 16.0. The molecule has 0 aromatic heterocycles. The van der Waals surface area contributed by atoms with E-state index in [0.717, 1.165) is 0 Å². The van der Waals surface area contributed by atoms with Gasteiger partial charge in [0.2, 0.25) is 10.4 Å². The molecule has 1 aromatic rings. The predicted octanol–water partition coefficient (Wildman–Crippen LogP) is 2.30. The van der Waals surface area contributed by atoms with Crippen LogP contribution in [-0.2, 0) is 21.2 Å². The number of rotatable bonds is 13. The molecule has 0 fully saturated rings. The van der Waals surface area contributed by atoms with Crippen molar-refractivity contribution < 1.29 is 46.7 Å². The van der Waals surface area contributed by atoms with Crippen molar-refractivity contribution >= 4 is 10.4 Å². The molecule has 1 atom stereocenters. The molecule has 0 spiro atoms. The van der Waals surface area contributed by atoms with Gasteiger partial charge in [-0.05, 0) is 23.5 Å². The fourth-order valence-corrected chi connectivity index (χ4v) is 3.11. The van der Waals surface area contributed by atoms with E-state index in [1.807, 2.05) is 24.3 Å². The predicted molar refractivity (Wildman–Crippen MR) is 96.6 cm³/mol. The van der Waals surface area contributed by atoms with Crippen molar-refractivity contribution in [3.63, 3.8) is 0 Å². The normalized spacial score (nSPS) is 12.6. The van der Waals surface area contributed by atoms with E-state index in [1.165, 1.54) is 63.4 Å². The van der Waals surface area contributed by atoms with Gasteiger partial charge in [0, 0.05) is 0 Å². The number of benzene rings is 1. The Balaban J connectivity index is 0.00000576. The first-order chi connectivity index (χ1) is 11.4. The van der Waals surface area contributed by atoms with Gasteiger partial charge in [-0.15, -0.1) is 0 Å². The van der Waals surface area contributed by atoms with Gasteiger partial charge in [0.15, 0.2) is 0 Å². The summed E-state index contributed by atoms with van der Waals surface area (Å²) < 4.78 is 35.6. The van der Waals surface area contributed by atoms with Crippen molar-refractivity contribution in [2.24, 2.45) is 0 Å². The van der Waals surface area contributed by atoms with E-state index in [2.05, 4.69) is 18.0 Å². The quantitative estimate of drug-likeness (QED) is 0.229. The van der Waals surface area contributed by atoms with Gasteiger partial charge in [-0.1, -0.05) is 89.5 Å². The first-order valence-corrected chi connectivity index (χ1v) is 10.4. The third-order valence-electron chi connectivity index (χ3n) is 4.41. The van der Waals surface area contributed by atoms with Gasteiger partial charge >= 0.3 is 29.6 Å². The molecule has 1 aromatic carbocycles. The summed E-state index contributed by atoms with van der Waals surface area (Å²) >= 11 is 0. The number of hydrogen-bond acceptors (Lipinski definition) is 4. The fourth-order valence-electron chi connectivity index (χ4n) is 2.83. The van der Waals surface area contributed by atoms with Gasteiger partial charge < -0.3 is 4.55 Å². The maximum Gasteiger partial charge on any atom is 1.00 e. The van der Waals surface area contributed by atoms with Crippen molar-refractivity contribution in [2.45, 2.75) is 84.2 Å². The average molecular weight is 379 g/mol. The van der Waals surface area contributed by atoms with E-state index >= 15 is 0 Å². The minimum atomic E-state index is -4.62. The summed E-state index contributed by atoms with van der Waals surface area (Å²) in [5.74, 6) is 0.489. The van der Waals surface area contributed by atoms with Crippen molar-refractivity contribution in [3.05, 3.63) is 35.4 Å². The van der Waals surface area contributed by atoms with Gasteiger partial charge in [0.25, 0.3) is 0 Å². The molecule has 0 saturated heterocycles. The molecule has 0 saturated carbocycles. The van der Waals surface area contributed by atoms with E-state index in [9.17, 15) is 13.0 Å². The Kier molecular flexibility index (Phi) is 14.2. The molecular formula is C19H31NaO4S. The molecular weight excluding hydrogens is 347 g/mol. The standard InChI is InChI=1S/C19H32O4S.Na/c1-3-4-5-6-7-8-9-10-11-17(2)19-14-12-18(13-15-19)16-23-24(20,21)22;/h12-15,17H,3-11,16H2,1-2H3,(H,20,21,22);/q;+1/p-1. The van der Waals surface area contributed by atoms with Gasteiger partial charge in [0.1, 0.15) is 0 Å². The first-order valence-electron chi connectivity index (χ1n) is 9.11. The zero-order chi connectivity index (χ0) is 17.8. The number of hydrogen-bond donors (Lipinski definition) is 0. The summed E-state index contributed by atoms with van der Waals surface area (Å²) in [6.45, 7) is 4.26. The molecule has 25 heavy (non-hydrogen) atoms. The molecule has 0 radical (unpaired) electrons. The van der Waals surface area contributed by atoms with Crippen LogP contribution in [0.5, 0.6) is 0 Å². The minimum absolute atomic E-state index is 0. The smallest absolute Gasteiger partial charge is 0.726 e. The van der Waals surface area contributed by atoms with Crippen molar-refractivity contribution in [3.8, 4) is 0 Å². The number of unbranched alkanes of at least 4 members (excludes halogenated alkanes) is 7. The van der Waals surface area contributed by atoms with Crippen LogP contribution >= 0.6 is 0 Å². The molecule has 0 aliphatic rings.